The Hall–Kier alpha value is -17.8. The highest BCUT2D eigenvalue weighted by atomic mass is 16.5. The molecule has 38 nitrogen and oxygen atoms in total. The molecule has 21 rings (SSSR count). The van der Waals surface area contributed by atoms with Crippen molar-refractivity contribution in [1.82, 2.24) is 117 Å². The lowest BCUT2D eigenvalue weighted by Crippen LogP contribution is -2.41. The molecule has 0 bridgehead atoms. The second kappa shape index (κ2) is 39.7. The van der Waals surface area contributed by atoms with E-state index < -0.39 is 11.8 Å². The van der Waals surface area contributed by atoms with E-state index in [9.17, 15) is 44.0 Å². The highest BCUT2D eigenvalue weighted by molar-refractivity contribution is 5.95. The van der Waals surface area contributed by atoms with Crippen LogP contribution in [0.4, 0.5) is 23.3 Å². The molecule has 13 aromatic heterocycles. The number of nitrogens with zero attached hydrogens (tertiary/aromatic N) is 24. The summed E-state index contributed by atoms with van der Waals surface area (Å²) in [6.07, 6.45) is 9.02. The Morgan fingerprint density at radius 3 is 1.15 bits per heavy atom. The van der Waals surface area contributed by atoms with Gasteiger partial charge in [-0.3, -0.25) is 67.2 Å². The Kier molecular flexibility index (Phi) is 26.5. The number of nitrogen functional groups attached to an aromatic ring is 4. The van der Waals surface area contributed by atoms with Crippen molar-refractivity contribution >= 4 is 128 Å². The van der Waals surface area contributed by atoms with E-state index in [1.807, 2.05) is 242 Å². The maximum absolute atomic E-state index is 14.0. The third kappa shape index (κ3) is 18.4. The predicted octanol–water partition coefficient (Wildman–Crippen LogP) is 11.5. The summed E-state index contributed by atoms with van der Waals surface area (Å²) in [4.78, 5) is 137. The Morgan fingerprint density at radius 1 is 0.387 bits per heavy atom. The first-order valence-corrected chi connectivity index (χ1v) is 45.7. The summed E-state index contributed by atoms with van der Waals surface area (Å²) in [5.74, 6) is -0.0491. The number of hydrogen-bond donors (Lipinski definition) is 6. The maximum Gasteiger partial charge on any atom is 0.265 e. The molecule has 1 saturated heterocycles. The molecule has 1 aliphatic heterocycles. The number of aryl methyl sites for hydroxylation is 8. The molecule has 142 heavy (non-hydrogen) atoms. The first kappa shape index (κ1) is 94.6. The number of pyridine rings is 5. The number of morpholine rings is 1. The molecule has 10 N–H and O–H groups in total. The van der Waals surface area contributed by atoms with Crippen molar-refractivity contribution in [2.45, 2.75) is 108 Å². The number of rotatable bonds is 19. The summed E-state index contributed by atoms with van der Waals surface area (Å²) in [5.41, 5.74) is 42.4. The number of aromatic nitrogens is 21. The summed E-state index contributed by atoms with van der Waals surface area (Å²) in [5, 5.41) is 41.4. The van der Waals surface area contributed by atoms with Gasteiger partial charge in [0.05, 0.1) is 148 Å². The van der Waals surface area contributed by atoms with Gasteiger partial charge < -0.3 is 37.1 Å². The fraction of sp³-hybridized carbons (Fsp3) is 0.212. The number of ether oxygens (including phenoxy) is 1. The van der Waals surface area contributed by atoms with Gasteiger partial charge in [0, 0.05) is 62.5 Å². The lowest BCUT2D eigenvalue weighted by molar-refractivity contribution is -0.162. The molecule has 0 radical (unpaired) electrons. The third-order valence-corrected chi connectivity index (χ3v) is 25.5. The molecule has 0 spiro atoms. The van der Waals surface area contributed by atoms with Crippen LogP contribution in [-0.2, 0) is 64.6 Å². The van der Waals surface area contributed by atoms with Crippen molar-refractivity contribution in [2.75, 3.05) is 62.8 Å². The van der Waals surface area contributed by atoms with E-state index in [0.717, 1.165) is 100 Å². The minimum Gasteiger partial charge on any atom is -0.383 e. The van der Waals surface area contributed by atoms with Crippen molar-refractivity contribution in [3.05, 3.63) is 346 Å². The van der Waals surface area contributed by atoms with E-state index in [1.54, 1.807) is 49.7 Å². The molecule has 14 heterocycles. The van der Waals surface area contributed by atoms with Gasteiger partial charge in [-0.15, -0.1) is 0 Å². The van der Waals surface area contributed by atoms with Crippen LogP contribution in [-0.4, -0.2) is 185 Å². The zero-order valence-corrected chi connectivity index (χ0v) is 79.5. The van der Waals surface area contributed by atoms with Crippen LogP contribution >= 0.6 is 0 Å². The minimum atomic E-state index is -0.553. The fourth-order valence-corrected chi connectivity index (χ4v) is 18.4. The number of nitrogens with two attached hydrogens (primary N) is 4. The lowest BCUT2D eigenvalue weighted by atomic mass is 10.1. The van der Waals surface area contributed by atoms with Gasteiger partial charge in [-0.25, -0.2) is 69.0 Å². The molecule has 20 aromatic rings. The Bertz CT molecular complexity index is 8680. The first-order valence-electron chi connectivity index (χ1n) is 45.7. The topological polar surface area (TPSA) is 490 Å². The summed E-state index contributed by atoms with van der Waals surface area (Å²) >= 11 is 0. The van der Waals surface area contributed by atoms with Crippen LogP contribution in [0, 0.1) is 55.4 Å². The number of hydrogen-bond acceptors (Lipinski definition) is 27. The minimum absolute atomic E-state index is 0.0406. The van der Waals surface area contributed by atoms with Crippen LogP contribution in [0.2, 0.25) is 0 Å². The number of para-hydroxylation sites is 4. The Morgan fingerprint density at radius 2 is 0.746 bits per heavy atom. The predicted molar refractivity (Wildman–Crippen MR) is 541 cm³/mol. The number of carbonyl (C=O) groups excluding carboxylic acids is 3. The SMILES string of the molecule is CC(=O)N(O)CCc1nn(Cc2cc3cccc(C)c3c(=O)n2-c2ccccc2C)c2ncnc(N)c12.Cc1ccccc1-n1c(Cn2cnc3c(N)ncnc32)cc2nccc(C)c2c1=O.Cc1ccccc1-n1c(Cn2nc(CC(=O)N(C)O)c3c(N)ncnc32)cc2cccc(C)c2c1=O.Cc1ccccc1-n1c(Cn2nc(CC(=O)N3CCOCC3)c3c(N)ncnc32)cc2cccc(C)c2c1=O. The van der Waals surface area contributed by atoms with Crippen LogP contribution in [0.1, 0.15) is 91.3 Å². The average Bonchev–Trinajstić information content (AvgIpc) is 1.34. The van der Waals surface area contributed by atoms with Gasteiger partial charge in [0.2, 0.25) is 11.8 Å². The van der Waals surface area contributed by atoms with Crippen LogP contribution in [0.15, 0.2) is 239 Å². The fourth-order valence-electron chi connectivity index (χ4n) is 18.4. The highest BCUT2D eigenvalue weighted by Crippen LogP contribution is 2.33. The third-order valence-electron chi connectivity index (χ3n) is 25.5. The van der Waals surface area contributed by atoms with Crippen molar-refractivity contribution in [2.24, 2.45) is 0 Å². The monoisotopic (exact) mass is 1900 g/mol. The summed E-state index contributed by atoms with van der Waals surface area (Å²) in [7, 11) is 1.25. The van der Waals surface area contributed by atoms with Gasteiger partial charge in [0.15, 0.2) is 28.4 Å². The summed E-state index contributed by atoms with van der Waals surface area (Å²) in [6, 6.07) is 58.3. The van der Waals surface area contributed by atoms with Gasteiger partial charge in [-0.1, -0.05) is 127 Å². The molecular weight excluding hydrogens is 1800 g/mol. The van der Waals surface area contributed by atoms with E-state index in [-0.39, 0.29) is 91.0 Å². The van der Waals surface area contributed by atoms with E-state index in [0.29, 0.717) is 143 Å². The second-order valence-corrected chi connectivity index (χ2v) is 34.9. The molecule has 38 heteroatoms. The largest absolute Gasteiger partial charge is 0.383 e. The van der Waals surface area contributed by atoms with E-state index in [2.05, 4.69) is 54.9 Å². The van der Waals surface area contributed by atoms with E-state index in [4.69, 9.17) is 37.9 Å². The standard InChI is InChI=1S/C29H29N7O3.C27H27N7O3.C26H25N7O3.C22H19N7O/c1-18-6-3-4-9-23(18)36-21(14-20-8-5-7-19(2)25(20)29(36)38)16-35-28-26(27(30)31-17-32-28)22(33-35)15-24(37)34-10-12-39-13-11-34;1-16-7-4-5-10-22(16)34-20(13-19-9-6-8-17(2)23(19)27(34)36)14-32-26-24(25(28)29-15-30-26)21(31-32)11-12-33(37)18(3)35;1-15-7-4-5-10-20(15)33-18(11-17-9-6-8-16(2)22(17)26(33)35)13-32-25-23(24(27)28-14-29-25)19(30-32)12-21(34)31(3)36;1-13-5-3-4-6-17(13)29-15(9-16-18(22(29)30)14(2)7-8-24-16)10-28-12-27-19-20(23)25-11-26-21(19)28/h3-9,14,17H,10-13,15-16H2,1-2H3,(H2,30,31,32);4-10,13,15,37H,11-12,14H2,1-3H3,(H2,28,29,30);4-11,14,36H,12-13H2,1-3H3,(H2,27,28,29);3-9,11-12H,10H2,1-2H3,(H2,23,25,26). The molecule has 0 saturated carbocycles. The normalized spacial score (nSPS) is 12.0. The number of hydroxylamine groups is 4. The molecule has 1 fully saturated rings. The van der Waals surface area contributed by atoms with Gasteiger partial charge in [0.25, 0.3) is 28.1 Å². The summed E-state index contributed by atoms with van der Waals surface area (Å²) in [6.45, 7) is 20.1. The molecule has 7 aromatic carbocycles. The average molecular weight is 1900 g/mol. The first-order chi connectivity index (χ1) is 68.5. The van der Waals surface area contributed by atoms with Crippen molar-refractivity contribution < 1.29 is 29.5 Å². The number of anilines is 4. The zero-order valence-electron chi connectivity index (χ0n) is 79.5. The lowest BCUT2D eigenvalue weighted by Gasteiger charge is -2.26. The highest BCUT2D eigenvalue weighted by Gasteiger charge is 2.29. The number of imidazole rings is 1. The molecule has 716 valence electrons. The quantitative estimate of drug-likeness (QED) is 0.0323. The van der Waals surface area contributed by atoms with Crippen LogP contribution in [0.25, 0.3) is 110 Å². The maximum atomic E-state index is 14.0. The smallest absolute Gasteiger partial charge is 0.265 e. The number of benzene rings is 7. The Balaban J connectivity index is 0.000000125. The molecule has 3 amide bonds. The zero-order chi connectivity index (χ0) is 99.7. The van der Waals surface area contributed by atoms with Crippen LogP contribution < -0.4 is 45.2 Å². The molecule has 0 unspecified atom stereocenters. The van der Waals surface area contributed by atoms with Gasteiger partial charge in [-0.2, -0.15) is 15.3 Å². The van der Waals surface area contributed by atoms with E-state index >= 15 is 0 Å². The number of carbonyl (C=O) groups is 3. The van der Waals surface area contributed by atoms with E-state index in [1.165, 1.54) is 39.3 Å². The summed E-state index contributed by atoms with van der Waals surface area (Å²) < 4.78 is 19.2. The van der Waals surface area contributed by atoms with Gasteiger partial charge in [-0.05, 0) is 171 Å². The van der Waals surface area contributed by atoms with Crippen molar-refractivity contribution in [1.29, 1.82) is 0 Å². The molecule has 0 atom stereocenters. The molecular formula is C104H100N28O10. The van der Waals surface area contributed by atoms with Crippen molar-refractivity contribution in [3.63, 3.8) is 0 Å². The Labute approximate surface area is 809 Å². The number of fused-ring (bicyclic) bond motifs is 8. The van der Waals surface area contributed by atoms with Gasteiger partial charge >= 0.3 is 0 Å². The number of amides is 3. The van der Waals surface area contributed by atoms with Crippen molar-refractivity contribution in [3.8, 4) is 22.7 Å². The number of likely N-dealkylation sites (N-methyl/N-ethyl adjacent to an activating group) is 1. The van der Waals surface area contributed by atoms with Crippen LogP contribution in [0.5, 0.6) is 0 Å². The molecule has 0 aliphatic carbocycles. The van der Waals surface area contributed by atoms with Crippen LogP contribution in [0.3, 0.4) is 0 Å². The van der Waals surface area contributed by atoms with Gasteiger partial charge in [0.1, 0.15) is 48.3 Å². The second-order valence-electron chi connectivity index (χ2n) is 34.9. The molecule has 1 aliphatic rings.